The molecule has 0 aromatic rings. The molecule has 1 amide bonds. The summed E-state index contributed by atoms with van der Waals surface area (Å²) in [5.41, 5.74) is 0. The third kappa shape index (κ3) is 2.85. The standard InChI is InChI=1S/C7H14N2O4S.H2/c1-5(2)14(11,12)9-4-6-3-8-7(10)13-6;/h5-6,9H,3-4H2,1-2H3,(H,8,10);1H/t6-;/m1./s1. The summed E-state index contributed by atoms with van der Waals surface area (Å²) in [6.07, 6.45) is -0.908. The number of sulfonamides is 1. The van der Waals surface area contributed by atoms with E-state index in [-0.39, 0.29) is 7.97 Å². The Labute approximate surface area is 84.5 Å². The van der Waals surface area contributed by atoms with E-state index in [4.69, 9.17) is 4.74 Å². The maximum atomic E-state index is 11.3. The minimum atomic E-state index is -3.27. The van der Waals surface area contributed by atoms with Crippen molar-refractivity contribution in [3.63, 3.8) is 0 Å². The Morgan fingerprint density at radius 1 is 1.71 bits per heavy atom. The minimum Gasteiger partial charge on any atom is -0.443 e. The SMILES string of the molecule is CC(C)S(=O)(=O)NC[C@H]1CNC(=O)O1.[HH]. The second kappa shape index (κ2) is 4.14. The molecule has 0 radical (unpaired) electrons. The van der Waals surface area contributed by atoms with Crippen LogP contribution in [0.15, 0.2) is 0 Å². The van der Waals surface area contributed by atoms with E-state index < -0.39 is 27.5 Å². The minimum absolute atomic E-state index is 0. The van der Waals surface area contributed by atoms with Crippen LogP contribution in [-0.2, 0) is 14.8 Å². The number of carbonyl (C=O) groups excluding carboxylic acids is 1. The van der Waals surface area contributed by atoms with E-state index in [0.29, 0.717) is 6.54 Å². The van der Waals surface area contributed by atoms with Crippen LogP contribution in [0.2, 0.25) is 0 Å². The molecule has 0 bridgehead atoms. The number of hydrogen-bond acceptors (Lipinski definition) is 4. The van der Waals surface area contributed by atoms with Crippen LogP contribution in [0.1, 0.15) is 15.3 Å². The average Bonchev–Trinajstić information content (AvgIpc) is 2.48. The quantitative estimate of drug-likeness (QED) is 0.684. The van der Waals surface area contributed by atoms with E-state index in [9.17, 15) is 13.2 Å². The Kier molecular flexibility index (Phi) is 3.33. The third-order valence-corrected chi connectivity index (χ3v) is 3.69. The largest absolute Gasteiger partial charge is 0.443 e. The van der Waals surface area contributed by atoms with E-state index in [1.165, 1.54) is 0 Å². The predicted octanol–water partition coefficient (Wildman–Crippen LogP) is -0.331. The molecule has 14 heavy (non-hydrogen) atoms. The number of nitrogens with one attached hydrogen (secondary N) is 2. The third-order valence-electron chi connectivity index (χ3n) is 1.88. The Morgan fingerprint density at radius 3 is 2.79 bits per heavy atom. The van der Waals surface area contributed by atoms with Crippen molar-refractivity contribution in [1.82, 2.24) is 10.0 Å². The molecule has 0 saturated carbocycles. The summed E-state index contributed by atoms with van der Waals surface area (Å²) >= 11 is 0. The lowest BCUT2D eigenvalue weighted by molar-refractivity contribution is 0.142. The fourth-order valence-electron chi connectivity index (χ4n) is 0.921. The fraction of sp³-hybridized carbons (Fsp3) is 0.857. The first-order valence-electron chi connectivity index (χ1n) is 4.35. The van der Waals surface area contributed by atoms with Gasteiger partial charge in [0, 0.05) is 7.97 Å². The van der Waals surface area contributed by atoms with Crippen LogP contribution in [0, 0.1) is 0 Å². The predicted molar refractivity (Wildman–Crippen MR) is 52.4 cm³/mol. The summed E-state index contributed by atoms with van der Waals surface area (Å²) in [4.78, 5) is 10.6. The van der Waals surface area contributed by atoms with Gasteiger partial charge in [-0.3, -0.25) is 0 Å². The molecular weight excluding hydrogens is 208 g/mol. The van der Waals surface area contributed by atoms with Crippen LogP contribution in [0.25, 0.3) is 0 Å². The van der Waals surface area contributed by atoms with Gasteiger partial charge in [-0.2, -0.15) is 0 Å². The van der Waals surface area contributed by atoms with Gasteiger partial charge in [0.15, 0.2) is 0 Å². The molecule has 0 unspecified atom stereocenters. The first-order chi connectivity index (χ1) is 6.42. The molecule has 0 aromatic carbocycles. The lowest BCUT2D eigenvalue weighted by Gasteiger charge is -2.11. The zero-order chi connectivity index (χ0) is 10.8. The molecule has 1 heterocycles. The molecule has 1 atom stereocenters. The van der Waals surface area contributed by atoms with Crippen LogP contribution in [0.3, 0.4) is 0 Å². The van der Waals surface area contributed by atoms with Crippen LogP contribution in [0.4, 0.5) is 4.79 Å². The Balaban J connectivity index is 0.00000196. The zero-order valence-corrected chi connectivity index (χ0v) is 8.93. The molecule has 0 aliphatic carbocycles. The van der Waals surface area contributed by atoms with Crippen molar-refractivity contribution in [3.05, 3.63) is 0 Å². The first-order valence-corrected chi connectivity index (χ1v) is 5.89. The van der Waals surface area contributed by atoms with Gasteiger partial charge in [-0.05, 0) is 13.8 Å². The van der Waals surface area contributed by atoms with Crippen molar-refractivity contribution < 1.29 is 19.4 Å². The molecular formula is C7H16N2O4S. The second-order valence-corrected chi connectivity index (χ2v) is 5.67. The zero-order valence-electron chi connectivity index (χ0n) is 8.11. The summed E-state index contributed by atoms with van der Waals surface area (Å²) < 4.78 is 29.7. The molecule has 1 aliphatic rings. The van der Waals surface area contributed by atoms with Crippen LogP contribution in [-0.4, -0.2) is 39.0 Å². The van der Waals surface area contributed by atoms with E-state index in [0.717, 1.165) is 0 Å². The Bertz CT molecular complexity index is 317. The highest BCUT2D eigenvalue weighted by Crippen LogP contribution is 2.01. The summed E-state index contributed by atoms with van der Waals surface area (Å²) in [6.45, 7) is 3.64. The number of ether oxygens (including phenoxy) is 1. The molecule has 1 fully saturated rings. The molecule has 0 spiro atoms. The Morgan fingerprint density at radius 2 is 2.36 bits per heavy atom. The van der Waals surface area contributed by atoms with Crippen molar-refractivity contribution in [1.29, 1.82) is 0 Å². The maximum Gasteiger partial charge on any atom is 0.407 e. The summed E-state index contributed by atoms with van der Waals surface area (Å²) in [5.74, 6) is 0. The van der Waals surface area contributed by atoms with Crippen LogP contribution >= 0.6 is 0 Å². The van der Waals surface area contributed by atoms with E-state index in [1.54, 1.807) is 13.8 Å². The average molecular weight is 224 g/mol. The molecule has 1 aliphatic heterocycles. The fourth-order valence-corrected chi connectivity index (χ4v) is 1.67. The van der Waals surface area contributed by atoms with Gasteiger partial charge in [-0.15, -0.1) is 0 Å². The van der Waals surface area contributed by atoms with Crippen molar-refractivity contribution in [2.24, 2.45) is 0 Å². The lowest BCUT2D eigenvalue weighted by Crippen LogP contribution is -2.37. The van der Waals surface area contributed by atoms with Crippen molar-refractivity contribution in [3.8, 4) is 0 Å². The lowest BCUT2D eigenvalue weighted by atomic mass is 10.4. The molecule has 2 N–H and O–H groups in total. The highest BCUT2D eigenvalue weighted by Gasteiger charge is 2.25. The van der Waals surface area contributed by atoms with Gasteiger partial charge in [-0.1, -0.05) is 0 Å². The van der Waals surface area contributed by atoms with Gasteiger partial charge >= 0.3 is 6.09 Å². The Hall–Kier alpha value is -0.820. The number of cyclic esters (lactones) is 1. The van der Waals surface area contributed by atoms with Crippen LogP contribution < -0.4 is 10.0 Å². The van der Waals surface area contributed by atoms with Crippen molar-refractivity contribution in [2.75, 3.05) is 13.1 Å². The number of amides is 1. The maximum absolute atomic E-state index is 11.3. The molecule has 0 aromatic heterocycles. The summed E-state index contributed by atoms with van der Waals surface area (Å²) in [5, 5.41) is 1.96. The number of carbonyl (C=O) groups is 1. The van der Waals surface area contributed by atoms with Gasteiger partial charge in [0.05, 0.1) is 11.8 Å². The monoisotopic (exact) mass is 224 g/mol. The number of rotatable bonds is 4. The molecule has 1 rings (SSSR count). The second-order valence-electron chi connectivity index (χ2n) is 3.35. The van der Waals surface area contributed by atoms with Gasteiger partial charge in [0.1, 0.15) is 6.10 Å². The van der Waals surface area contributed by atoms with Crippen molar-refractivity contribution >= 4 is 16.1 Å². The smallest absolute Gasteiger partial charge is 0.407 e. The van der Waals surface area contributed by atoms with E-state index in [2.05, 4.69) is 10.0 Å². The number of alkyl carbamates (subject to hydrolysis) is 1. The highest BCUT2D eigenvalue weighted by molar-refractivity contribution is 7.90. The topological polar surface area (TPSA) is 84.5 Å². The van der Waals surface area contributed by atoms with Gasteiger partial charge < -0.3 is 10.1 Å². The van der Waals surface area contributed by atoms with Crippen LogP contribution in [0.5, 0.6) is 0 Å². The summed E-state index contributed by atoms with van der Waals surface area (Å²) in [7, 11) is -3.27. The van der Waals surface area contributed by atoms with Gasteiger partial charge in [0.25, 0.3) is 0 Å². The molecule has 1 saturated heterocycles. The van der Waals surface area contributed by atoms with Gasteiger partial charge in [0.2, 0.25) is 10.0 Å². The van der Waals surface area contributed by atoms with E-state index in [1.807, 2.05) is 0 Å². The summed E-state index contributed by atoms with van der Waals surface area (Å²) in [6, 6.07) is 0. The van der Waals surface area contributed by atoms with Gasteiger partial charge in [-0.25, -0.2) is 17.9 Å². The number of hydrogen-bond donors (Lipinski definition) is 2. The van der Waals surface area contributed by atoms with E-state index >= 15 is 0 Å². The first kappa shape index (κ1) is 11.3. The van der Waals surface area contributed by atoms with Crippen molar-refractivity contribution in [2.45, 2.75) is 25.2 Å². The normalized spacial score (nSPS) is 22.2. The molecule has 7 heteroatoms. The molecule has 6 nitrogen and oxygen atoms in total. The highest BCUT2D eigenvalue weighted by atomic mass is 32.2. The molecule has 84 valence electrons.